The monoisotopic (exact) mass is 356 g/mol. The summed E-state index contributed by atoms with van der Waals surface area (Å²) in [6, 6.07) is 10.5. The molecule has 1 aromatic carbocycles. The first-order valence-corrected chi connectivity index (χ1v) is 9.36. The molecular formula is C21H25FN2O2. The molecule has 1 unspecified atom stereocenters. The molecule has 3 heterocycles. The molecule has 1 atom stereocenters. The van der Waals surface area contributed by atoms with E-state index in [0.29, 0.717) is 6.54 Å². The Labute approximate surface area is 153 Å². The van der Waals surface area contributed by atoms with Crippen molar-refractivity contribution in [3.8, 4) is 0 Å². The van der Waals surface area contributed by atoms with Crippen LogP contribution in [0.5, 0.6) is 0 Å². The zero-order chi connectivity index (χ0) is 18.1. The Morgan fingerprint density at radius 1 is 1.08 bits per heavy atom. The van der Waals surface area contributed by atoms with Crippen LogP contribution in [0.4, 0.5) is 4.39 Å². The van der Waals surface area contributed by atoms with Gasteiger partial charge in [0.2, 0.25) is 5.91 Å². The van der Waals surface area contributed by atoms with Gasteiger partial charge in [-0.3, -0.25) is 9.69 Å². The zero-order valence-corrected chi connectivity index (χ0v) is 15.2. The van der Waals surface area contributed by atoms with E-state index in [4.69, 9.17) is 4.42 Å². The van der Waals surface area contributed by atoms with E-state index >= 15 is 0 Å². The molecule has 0 bridgehead atoms. The average Bonchev–Trinajstić information content (AvgIpc) is 3.21. The van der Waals surface area contributed by atoms with Crippen molar-refractivity contribution in [2.24, 2.45) is 5.41 Å². The van der Waals surface area contributed by atoms with Gasteiger partial charge in [-0.15, -0.1) is 0 Å². The van der Waals surface area contributed by atoms with Crippen LogP contribution in [-0.2, 0) is 17.9 Å². The third-order valence-electron chi connectivity index (χ3n) is 5.72. The topological polar surface area (TPSA) is 36.7 Å². The quantitative estimate of drug-likeness (QED) is 0.837. The van der Waals surface area contributed by atoms with Gasteiger partial charge in [-0.25, -0.2) is 4.39 Å². The molecule has 1 amide bonds. The SMILES string of the molecule is Cc1ccc(CN2CCC3(CCCN(Cc4ccc(F)cc4)C3=O)C2)o1. The van der Waals surface area contributed by atoms with Gasteiger partial charge in [0.15, 0.2) is 0 Å². The van der Waals surface area contributed by atoms with E-state index < -0.39 is 0 Å². The fourth-order valence-corrected chi connectivity index (χ4v) is 4.38. The largest absolute Gasteiger partial charge is 0.465 e. The molecule has 4 rings (SSSR count). The number of benzene rings is 1. The van der Waals surface area contributed by atoms with Gasteiger partial charge in [0.1, 0.15) is 17.3 Å². The van der Waals surface area contributed by atoms with Gasteiger partial charge in [0, 0.05) is 19.6 Å². The van der Waals surface area contributed by atoms with E-state index in [0.717, 1.165) is 62.5 Å². The normalized spacial score (nSPS) is 23.9. The maximum Gasteiger partial charge on any atom is 0.230 e. The van der Waals surface area contributed by atoms with Crippen LogP contribution in [0.25, 0.3) is 0 Å². The van der Waals surface area contributed by atoms with Crippen molar-refractivity contribution >= 4 is 5.91 Å². The van der Waals surface area contributed by atoms with Crippen LogP contribution >= 0.6 is 0 Å². The van der Waals surface area contributed by atoms with Gasteiger partial charge in [-0.1, -0.05) is 12.1 Å². The molecule has 5 heteroatoms. The van der Waals surface area contributed by atoms with Crippen LogP contribution in [0, 0.1) is 18.2 Å². The van der Waals surface area contributed by atoms with Crippen molar-refractivity contribution < 1.29 is 13.6 Å². The first-order chi connectivity index (χ1) is 12.5. The standard InChI is InChI=1S/C21H25FN2O2/c1-16-3-8-19(26-16)14-23-12-10-21(15-23)9-2-11-24(20(21)25)13-17-4-6-18(22)7-5-17/h3-8H,2,9-15H2,1H3. The lowest BCUT2D eigenvalue weighted by molar-refractivity contribution is -0.146. The fraction of sp³-hybridized carbons (Fsp3) is 0.476. The first-order valence-electron chi connectivity index (χ1n) is 9.36. The Hall–Kier alpha value is -2.14. The number of carbonyl (C=O) groups excluding carboxylic acids is 1. The maximum absolute atomic E-state index is 13.2. The van der Waals surface area contributed by atoms with Crippen LogP contribution in [0.1, 0.15) is 36.3 Å². The lowest BCUT2D eigenvalue weighted by Crippen LogP contribution is -2.49. The highest BCUT2D eigenvalue weighted by Crippen LogP contribution is 2.41. The summed E-state index contributed by atoms with van der Waals surface area (Å²) in [6.07, 6.45) is 2.89. The number of likely N-dealkylation sites (tertiary alicyclic amines) is 2. The summed E-state index contributed by atoms with van der Waals surface area (Å²) in [6.45, 7) is 5.79. The lowest BCUT2D eigenvalue weighted by Gasteiger charge is -2.39. The van der Waals surface area contributed by atoms with Gasteiger partial charge >= 0.3 is 0 Å². The number of aryl methyl sites for hydroxylation is 1. The average molecular weight is 356 g/mol. The van der Waals surface area contributed by atoms with Gasteiger partial charge in [0.25, 0.3) is 0 Å². The highest BCUT2D eigenvalue weighted by molar-refractivity contribution is 5.84. The van der Waals surface area contributed by atoms with Crippen LogP contribution < -0.4 is 0 Å². The number of hydrogen-bond acceptors (Lipinski definition) is 3. The fourth-order valence-electron chi connectivity index (χ4n) is 4.38. The molecule has 2 aliphatic rings. The summed E-state index contributed by atoms with van der Waals surface area (Å²) in [5, 5.41) is 0. The molecule has 4 nitrogen and oxygen atoms in total. The third-order valence-corrected chi connectivity index (χ3v) is 5.72. The van der Waals surface area contributed by atoms with E-state index in [9.17, 15) is 9.18 Å². The Morgan fingerprint density at radius 3 is 2.62 bits per heavy atom. The van der Waals surface area contributed by atoms with Crippen molar-refractivity contribution in [3.63, 3.8) is 0 Å². The van der Waals surface area contributed by atoms with Crippen LogP contribution in [0.15, 0.2) is 40.8 Å². The number of hydrogen-bond donors (Lipinski definition) is 0. The number of rotatable bonds is 4. The van der Waals surface area contributed by atoms with Crippen molar-refractivity contribution in [2.75, 3.05) is 19.6 Å². The van der Waals surface area contributed by atoms with E-state index in [1.807, 2.05) is 24.0 Å². The van der Waals surface area contributed by atoms with Gasteiger partial charge in [-0.05, 0) is 62.6 Å². The molecule has 1 aromatic heterocycles. The highest BCUT2D eigenvalue weighted by atomic mass is 19.1. The second-order valence-electron chi connectivity index (χ2n) is 7.71. The summed E-state index contributed by atoms with van der Waals surface area (Å²) >= 11 is 0. The molecule has 2 saturated heterocycles. The van der Waals surface area contributed by atoms with E-state index in [-0.39, 0.29) is 17.1 Å². The molecule has 0 N–H and O–H groups in total. The third kappa shape index (κ3) is 3.40. The highest BCUT2D eigenvalue weighted by Gasteiger charge is 2.48. The van der Waals surface area contributed by atoms with Gasteiger partial charge < -0.3 is 9.32 Å². The van der Waals surface area contributed by atoms with Crippen molar-refractivity contribution in [2.45, 2.75) is 39.3 Å². The van der Waals surface area contributed by atoms with E-state index in [2.05, 4.69) is 4.90 Å². The summed E-state index contributed by atoms with van der Waals surface area (Å²) in [4.78, 5) is 17.5. The number of amides is 1. The van der Waals surface area contributed by atoms with Crippen LogP contribution in [-0.4, -0.2) is 35.3 Å². The van der Waals surface area contributed by atoms with E-state index in [1.165, 1.54) is 12.1 Å². The van der Waals surface area contributed by atoms with Gasteiger partial charge in [0.05, 0.1) is 12.0 Å². The van der Waals surface area contributed by atoms with Crippen molar-refractivity contribution in [1.82, 2.24) is 9.80 Å². The van der Waals surface area contributed by atoms with Gasteiger partial charge in [-0.2, -0.15) is 0 Å². The van der Waals surface area contributed by atoms with E-state index in [1.54, 1.807) is 12.1 Å². The zero-order valence-electron chi connectivity index (χ0n) is 15.2. The Bertz CT molecular complexity index is 786. The molecule has 2 aromatic rings. The number of carbonyl (C=O) groups is 1. The lowest BCUT2D eigenvalue weighted by atomic mass is 9.78. The molecule has 26 heavy (non-hydrogen) atoms. The minimum atomic E-state index is -0.264. The summed E-state index contributed by atoms with van der Waals surface area (Å²) < 4.78 is 18.8. The predicted molar refractivity (Wildman–Crippen MR) is 96.8 cm³/mol. The molecule has 2 fully saturated rings. The summed E-state index contributed by atoms with van der Waals surface area (Å²) in [7, 11) is 0. The Balaban J connectivity index is 1.43. The number of furan rings is 1. The molecule has 2 aliphatic heterocycles. The summed E-state index contributed by atoms with van der Waals surface area (Å²) in [5.41, 5.74) is 0.720. The first kappa shape index (κ1) is 17.3. The Morgan fingerprint density at radius 2 is 1.88 bits per heavy atom. The Kier molecular flexibility index (Phi) is 4.57. The number of piperidine rings is 1. The maximum atomic E-state index is 13.2. The second-order valence-corrected chi connectivity index (χ2v) is 7.71. The molecule has 1 spiro atoms. The molecule has 138 valence electrons. The molecular weight excluding hydrogens is 331 g/mol. The minimum absolute atomic E-state index is 0.241. The number of halogens is 1. The van der Waals surface area contributed by atoms with Crippen LogP contribution in [0.3, 0.4) is 0 Å². The predicted octanol–water partition coefficient (Wildman–Crippen LogP) is 3.74. The second kappa shape index (κ2) is 6.88. The van der Waals surface area contributed by atoms with Crippen molar-refractivity contribution in [1.29, 1.82) is 0 Å². The number of nitrogens with zero attached hydrogens (tertiary/aromatic N) is 2. The van der Waals surface area contributed by atoms with Crippen LogP contribution in [0.2, 0.25) is 0 Å². The molecule has 0 aliphatic carbocycles. The smallest absolute Gasteiger partial charge is 0.230 e. The molecule has 0 radical (unpaired) electrons. The van der Waals surface area contributed by atoms with Crippen molar-refractivity contribution in [3.05, 3.63) is 59.3 Å². The minimum Gasteiger partial charge on any atom is -0.465 e. The summed E-state index contributed by atoms with van der Waals surface area (Å²) in [5.74, 6) is 1.90. The molecule has 0 saturated carbocycles.